The maximum atomic E-state index is 13.6. The van der Waals surface area contributed by atoms with Gasteiger partial charge in [-0.15, -0.1) is 0 Å². The summed E-state index contributed by atoms with van der Waals surface area (Å²) in [5.41, 5.74) is 3.97. The van der Waals surface area contributed by atoms with Crippen LogP contribution in [-0.4, -0.2) is 48.7 Å². The molecule has 2 amide bonds. The van der Waals surface area contributed by atoms with Crippen LogP contribution in [0, 0.1) is 0 Å². The van der Waals surface area contributed by atoms with Crippen LogP contribution in [0.25, 0.3) is 11.1 Å². The molecule has 2 heterocycles. The van der Waals surface area contributed by atoms with Crippen LogP contribution < -0.4 is 20.7 Å². The summed E-state index contributed by atoms with van der Waals surface area (Å²) in [5, 5.41) is 8.88. The van der Waals surface area contributed by atoms with Crippen LogP contribution in [0.5, 0.6) is 5.75 Å². The Bertz CT molecular complexity index is 1490. The highest BCUT2D eigenvalue weighted by Crippen LogP contribution is 2.35. The molecule has 0 aliphatic carbocycles. The fraction of sp³-hybridized carbons (Fsp3) is 0.273. The molecule has 0 saturated carbocycles. The topological polar surface area (TPSA) is 78.5 Å². The van der Waals surface area contributed by atoms with E-state index in [0.717, 1.165) is 61.0 Å². The molecular weight excluding hydrogens is 555 g/mol. The second-order valence-corrected chi connectivity index (χ2v) is 10.4. The largest absolute Gasteiger partial charge is 0.493 e. The van der Waals surface area contributed by atoms with Crippen LogP contribution in [0.3, 0.4) is 0 Å². The fourth-order valence-electron chi connectivity index (χ4n) is 4.98. The van der Waals surface area contributed by atoms with Gasteiger partial charge < -0.3 is 20.7 Å². The third-order valence-electron chi connectivity index (χ3n) is 7.22. The zero-order valence-electron chi connectivity index (χ0n) is 23.7. The van der Waals surface area contributed by atoms with Crippen molar-refractivity contribution in [2.75, 3.05) is 38.1 Å². The van der Waals surface area contributed by atoms with Crippen LogP contribution in [0.15, 0.2) is 91.3 Å². The van der Waals surface area contributed by atoms with Crippen LogP contribution >= 0.6 is 0 Å². The van der Waals surface area contributed by atoms with Gasteiger partial charge in [0, 0.05) is 63.8 Å². The lowest BCUT2D eigenvalue weighted by molar-refractivity contribution is -0.137. The highest BCUT2D eigenvalue weighted by molar-refractivity contribution is 5.89. The summed E-state index contributed by atoms with van der Waals surface area (Å²) in [6.45, 7) is 5.12. The highest BCUT2D eigenvalue weighted by atomic mass is 19.4. The maximum absolute atomic E-state index is 13.6. The van der Waals surface area contributed by atoms with Crippen molar-refractivity contribution < 1.29 is 22.7 Å². The van der Waals surface area contributed by atoms with E-state index in [1.165, 1.54) is 6.07 Å². The van der Waals surface area contributed by atoms with Gasteiger partial charge in [0.25, 0.3) is 0 Å². The van der Waals surface area contributed by atoms with Gasteiger partial charge >= 0.3 is 12.2 Å². The van der Waals surface area contributed by atoms with Gasteiger partial charge in [0.2, 0.25) is 0 Å². The minimum absolute atomic E-state index is 0.275. The number of carbonyl (C=O) groups is 1. The van der Waals surface area contributed by atoms with Gasteiger partial charge in [-0.25, -0.2) is 4.79 Å². The zero-order chi connectivity index (χ0) is 30.1. The normalized spacial score (nSPS) is 13.8. The molecule has 3 N–H and O–H groups in total. The Morgan fingerprint density at radius 1 is 0.953 bits per heavy atom. The monoisotopic (exact) mass is 589 g/mol. The molecule has 0 unspecified atom stereocenters. The van der Waals surface area contributed by atoms with Crippen molar-refractivity contribution in [3.63, 3.8) is 0 Å². The summed E-state index contributed by atoms with van der Waals surface area (Å²) in [6.07, 6.45) is -0.657. The van der Waals surface area contributed by atoms with E-state index in [4.69, 9.17) is 4.74 Å². The third-order valence-corrected chi connectivity index (χ3v) is 7.22. The lowest BCUT2D eigenvalue weighted by atomic mass is 9.94. The Balaban J connectivity index is 1.21. The molecule has 4 aromatic rings. The van der Waals surface area contributed by atoms with Crippen molar-refractivity contribution in [1.29, 1.82) is 0 Å². The summed E-state index contributed by atoms with van der Waals surface area (Å²) >= 11 is 0. The van der Waals surface area contributed by atoms with Crippen LogP contribution in [-0.2, 0) is 25.7 Å². The van der Waals surface area contributed by atoms with E-state index >= 15 is 0 Å². The summed E-state index contributed by atoms with van der Waals surface area (Å²) in [6, 6.07) is 22.0. The number of piperazine rings is 1. The number of amides is 2. The molecule has 7 nitrogen and oxygen atoms in total. The fourth-order valence-corrected chi connectivity index (χ4v) is 4.98. The van der Waals surface area contributed by atoms with E-state index in [9.17, 15) is 18.0 Å². The minimum Gasteiger partial charge on any atom is -0.493 e. The zero-order valence-corrected chi connectivity index (χ0v) is 23.7. The number of alkyl halides is 3. The van der Waals surface area contributed by atoms with Crippen LogP contribution in [0.1, 0.15) is 22.3 Å². The standard InChI is InChI=1S/C33H34F3N5O2/c34-33(35,36)28-7-6-26(31(20-28)27-5-1-3-24(19-27)23-41-16-14-37-15-17-41)12-18-43-30-10-8-29(9-11-30)40-32(42)39-22-25-4-2-13-38-21-25/h1-11,13,19-21,37H,12,14-18,22-23H2,(H2,39,40,42). The number of rotatable bonds is 10. The Morgan fingerprint density at radius 3 is 2.49 bits per heavy atom. The number of anilines is 1. The van der Waals surface area contributed by atoms with Crippen LogP contribution in [0.2, 0.25) is 0 Å². The molecule has 1 aliphatic heterocycles. The molecule has 5 rings (SSSR count). The Labute approximate surface area is 249 Å². The molecule has 1 aromatic heterocycles. The Morgan fingerprint density at radius 2 is 1.74 bits per heavy atom. The molecule has 1 fully saturated rings. The van der Waals surface area contributed by atoms with Gasteiger partial charge in [0.05, 0.1) is 12.2 Å². The number of hydrogen-bond donors (Lipinski definition) is 3. The number of ether oxygens (including phenoxy) is 1. The van der Waals surface area contributed by atoms with E-state index in [1.807, 2.05) is 30.3 Å². The average molecular weight is 590 g/mol. The number of urea groups is 1. The van der Waals surface area contributed by atoms with E-state index in [1.54, 1.807) is 48.8 Å². The van der Waals surface area contributed by atoms with E-state index < -0.39 is 11.7 Å². The first-order chi connectivity index (χ1) is 20.8. The first kappa shape index (κ1) is 30.1. The summed E-state index contributed by atoms with van der Waals surface area (Å²) in [7, 11) is 0. The minimum atomic E-state index is -4.44. The molecule has 10 heteroatoms. The smallest absolute Gasteiger partial charge is 0.416 e. The molecule has 0 bridgehead atoms. The van der Waals surface area contributed by atoms with Gasteiger partial charge in [0.1, 0.15) is 5.75 Å². The first-order valence-electron chi connectivity index (χ1n) is 14.2. The average Bonchev–Trinajstić information content (AvgIpc) is 3.02. The molecule has 43 heavy (non-hydrogen) atoms. The second kappa shape index (κ2) is 14.2. The molecule has 1 aliphatic rings. The predicted molar refractivity (Wildman–Crippen MR) is 161 cm³/mol. The summed E-state index contributed by atoms with van der Waals surface area (Å²) in [4.78, 5) is 18.6. The molecule has 0 atom stereocenters. The lowest BCUT2D eigenvalue weighted by Gasteiger charge is -2.27. The molecule has 0 radical (unpaired) electrons. The van der Waals surface area contributed by atoms with E-state index in [2.05, 4.69) is 25.8 Å². The maximum Gasteiger partial charge on any atom is 0.416 e. The number of benzene rings is 3. The first-order valence-corrected chi connectivity index (χ1v) is 14.2. The third kappa shape index (κ3) is 8.79. The van der Waals surface area contributed by atoms with Gasteiger partial charge in [-0.2, -0.15) is 13.2 Å². The number of pyridine rings is 1. The van der Waals surface area contributed by atoms with E-state index in [0.29, 0.717) is 30.0 Å². The number of nitrogens with one attached hydrogen (secondary N) is 3. The predicted octanol–water partition coefficient (Wildman–Crippen LogP) is 6.12. The van der Waals surface area contributed by atoms with Crippen molar-refractivity contribution in [3.05, 3.63) is 114 Å². The quantitative estimate of drug-likeness (QED) is 0.208. The van der Waals surface area contributed by atoms with Crippen molar-refractivity contribution >= 4 is 11.7 Å². The highest BCUT2D eigenvalue weighted by Gasteiger charge is 2.31. The summed E-state index contributed by atoms with van der Waals surface area (Å²) < 4.78 is 46.8. The summed E-state index contributed by atoms with van der Waals surface area (Å²) in [5.74, 6) is 0.591. The number of carbonyl (C=O) groups excluding carboxylic acids is 1. The lowest BCUT2D eigenvalue weighted by Crippen LogP contribution is -2.42. The Hall–Kier alpha value is -4.41. The van der Waals surface area contributed by atoms with Gasteiger partial charge in [-0.05, 0) is 76.3 Å². The van der Waals surface area contributed by atoms with Gasteiger partial charge in [-0.1, -0.05) is 30.3 Å². The molecule has 0 spiro atoms. The molecule has 1 saturated heterocycles. The van der Waals surface area contributed by atoms with Crippen LogP contribution in [0.4, 0.5) is 23.7 Å². The van der Waals surface area contributed by atoms with Crippen molar-refractivity contribution in [1.82, 2.24) is 20.5 Å². The van der Waals surface area contributed by atoms with Gasteiger partial charge in [0.15, 0.2) is 0 Å². The number of halogens is 3. The van der Waals surface area contributed by atoms with Crippen molar-refractivity contribution in [3.8, 4) is 16.9 Å². The number of hydrogen-bond acceptors (Lipinski definition) is 5. The Kier molecular flexibility index (Phi) is 9.91. The second-order valence-electron chi connectivity index (χ2n) is 10.4. The van der Waals surface area contributed by atoms with E-state index in [-0.39, 0.29) is 12.6 Å². The molecule has 224 valence electrons. The molecular formula is C33H34F3N5O2. The SMILES string of the molecule is O=C(NCc1cccnc1)Nc1ccc(OCCc2ccc(C(F)(F)F)cc2-c2cccc(CN3CCNCC3)c2)cc1. The van der Waals surface area contributed by atoms with Crippen molar-refractivity contribution in [2.24, 2.45) is 0 Å². The number of nitrogens with zero attached hydrogens (tertiary/aromatic N) is 2. The van der Waals surface area contributed by atoms with Gasteiger partial charge in [-0.3, -0.25) is 9.88 Å². The number of aromatic nitrogens is 1. The van der Waals surface area contributed by atoms with Crippen molar-refractivity contribution in [2.45, 2.75) is 25.7 Å². The molecule has 3 aromatic carbocycles.